The van der Waals surface area contributed by atoms with Gasteiger partial charge in [0, 0.05) is 49.5 Å². The minimum absolute atomic E-state index is 0.0720. The number of fused-ring (bicyclic) bond motifs is 13. The molecule has 66 heavy (non-hydrogen) atoms. The van der Waals surface area contributed by atoms with Crippen molar-refractivity contribution in [1.82, 2.24) is 9.13 Å². The Kier molecular flexibility index (Phi) is 8.13. The van der Waals surface area contributed by atoms with Crippen molar-refractivity contribution in [3.05, 3.63) is 223 Å². The van der Waals surface area contributed by atoms with E-state index in [1.807, 2.05) is 6.07 Å². The van der Waals surface area contributed by atoms with Crippen molar-refractivity contribution in [2.45, 2.75) is 24.8 Å². The van der Waals surface area contributed by atoms with E-state index in [9.17, 15) is 0 Å². The molecule has 0 amide bonds. The first-order valence-corrected chi connectivity index (χ1v) is 22.9. The Bertz CT molecular complexity index is 3910. The van der Waals surface area contributed by atoms with Gasteiger partial charge in [0.15, 0.2) is 0 Å². The van der Waals surface area contributed by atoms with Crippen molar-refractivity contribution < 1.29 is 4.42 Å². The summed E-state index contributed by atoms with van der Waals surface area (Å²) < 4.78 is 11.5. The van der Waals surface area contributed by atoms with Gasteiger partial charge in [-0.05, 0) is 78.1 Å². The van der Waals surface area contributed by atoms with Crippen LogP contribution in [0, 0.1) is 0 Å². The van der Waals surface area contributed by atoms with Gasteiger partial charge in [-0.2, -0.15) is 4.99 Å². The molecule has 0 saturated carbocycles. The average Bonchev–Trinajstić information content (AvgIpc) is 4.11. The zero-order valence-corrected chi connectivity index (χ0v) is 35.9. The van der Waals surface area contributed by atoms with Gasteiger partial charge in [-0.15, -0.1) is 0 Å². The highest BCUT2D eigenvalue weighted by molar-refractivity contribution is 6.23. The molecule has 2 unspecified atom stereocenters. The Balaban J connectivity index is 1.07. The molecule has 0 N–H and O–H groups in total. The lowest BCUT2D eigenvalue weighted by atomic mass is 9.91. The third-order valence-corrected chi connectivity index (χ3v) is 14.0. The Hall–Kier alpha value is -8.48. The van der Waals surface area contributed by atoms with E-state index >= 15 is 0 Å². The number of hydrogen-bond donors (Lipinski definition) is 0. The van der Waals surface area contributed by atoms with Gasteiger partial charge in [-0.1, -0.05) is 164 Å². The lowest BCUT2D eigenvalue weighted by Gasteiger charge is -2.29. The first-order chi connectivity index (χ1) is 32.8. The van der Waals surface area contributed by atoms with Gasteiger partial charge in [0.05, 0.1) is 39.5 Å². The summed E-state index contributed by atoms with van der Waals surface area (Å²) in [5.41, 5.74) is 14.0. The predicted molar refractivity (Wildman–Crippen MR) is 274 cm³/mol. The molecule has 0 spiro atoms. The number of nitrogens with zero attached hydrogens (tertiary/aromatic N) is 5. The minimum Gasteiger partial charge on any atom is -0.455 e. The largest absolute Gasteiger partial charge is 0.455 e. The molecule has 0 bridgehead atoms. The van der Waals surface area contributed by atoms with E-state index < -0.39 is 0 Å². The summed E-state index contributed by atoms with van der Waals surface area (Å²) in [7, 11) is 0. The van der Waals surface area contributed by atoms with Gasteiger partial charge in [-0.3, -0.25) is 4.57 Å². The molecule has 2 atom stereocenters. The van der Waals surface area contributed by atoms with Crippen molar-refractivity contribution in [1.29, 1.82) is 0 Å². The predicted octanol–water partition coefficient (Wildman–Crippen LogP) is 15.0. The van der Waals surface area contributed by atoms with Gasteiger partial charge < -0.3 is 13.9 Å². The van der Waals surface area contributed by atoms with E-state index in [0.717, 1.165) is 78.9 Å². The van der Waals surface area contributed by atoms with E-state index in [4.69, 9.17) is 14.4 Å². The topological polar surface area (TPSA) is 51.0 Å². The molecule has 3 aromatic heterocycles. The second-order valence-corrected chi connectivity index (χ2v) is 17.5. The standard InChI is InChI=1S/C60H41N5O/c1-2-17-38(18-3-1)39-19-14-20-40(37-39)63-51-29-9-6-23-43(51)46-35-36-47-44-24-7-12-32-54(44)65(58(47)57(46)63)60-61-50(49-27-15-26-48-45-25-8-13-33-55(45)66-59(48)49)28-16-34-56(62-60)64-52-30-10-4-21-41(52)42-22-5-11-31-53(42)64/h1-15,17-27,29-37,44,54H,16,28H2/b56-34+,61-50?,62-60?. The Labute approximate surface area is 380 Å². The van der Waals surface area contributed by atoms with Gasteiger partial charge in [0.25, 0.3) is 0 Å². The number of allylic oxidation sites excluding steroid dienone is 3. The van der Waals surface area contributed by atoms with Crippen LogP contribution in [0.25, 0.3) is 88.2 Å². The van der Waals surface area contributed by atoms with Crippen LogP contribution in [0.1, 0.15) is 29.9 Å². The molecule has 3 aliphatic rings. The molecule has 6 nitrogen and oxygen atoms in total. The van der Waals surface area contributed by atoms with Crippen molar-refractivity contribution in [3.63, 3.8) is 0 Å². The molecule has 8 aromatic carbocycles. The quantitative estimate of drug-likeness (QED) is 0.177. The molecule has 0 fully saturated rings. The Morgan fingerprint density at radius 1 is 0.515 bits per heavy atom. The van der Waals surface area contributed by atoms with Crippen LogP contribution in [-0.4, -0.2) is 26.8 Å². The number of para-hydroxylation sites is 5. The summed E-state index contributed by atoms with van der Waals surface area (Å²) in [6, 6.07) is 65.2. The number of aliphatic imine (C=N–C) groups is 2. The monoisotopic (exact) mass is 847 g/mol. The van der Waals surface area contributed by atoms with Crippen LogP contribution in [-0.2, 0) is 0 Å². The van der Waals surface area contributed by atoms with Crippen molar-refractivity contribution in [2.24, 2.45) is 9.98 Å². The number of benzene rings is 8. The van der Waals surface area contributed by atoms with E-state index in [2.05, 4.69) is 220 Å². The zero-order valence-electron chi connectivity index (χ0n) is 35.9. The number of hydrogen-bond acceptors (Lipinski definition) is 4. The van der Waals surface area contributed by atoms with Crippen molar-refractivity contribution in [2.75, 3.05) is 4.90 Å². The Morgan fingerprint density at radius 3 is 1.97 bits per heavy atom. The normalized spacial score (nSPS) is 17.9. The van der Waals surface area contributed by atoms with Crippen molar-refractivity contribution in [3.8, 4) is 16.8 Å². The number of rotatable bonds is 4. The molecule has 5 heterocycles. The molecule has 14 rings (SSSR count). The maximum absolute atomic E-state index is 6.71. The molecule has 6 heteroatoms. The van der Waals surface area contributed by atoms with Crippen LogP contribution >= 0.6 is 0 Å². The fraction of sp³-hybridized carbons (Fsp3) is 0.0667. The molecule has 2 aliphatic heterocycles. The van der Waals surface area contributed by atoms with Gasteiger partial charge in [0.1, 0.15) is 17.0 Å². The highest BCUT2D eigenvalue weighted by Gasteiger charge is 2.42. The number of aromatic nitrogens is 2. The van der Waals surface area contributed by atoms with Crippen LogP contribution in [0.15, 0.2) is 227 Å². The lowest BCUT2D eigenvalue weighted by Crippen LogP contribution is -2.38. The molecule has 11 aromatic rings. The highest BCUT2D eigenvalue weighted by atomic mass is 16.3. The van der Waals surface area contributed by atoms with Gasteiger partial charge >= 0.3 is 0 Å². The average molecular weight is 848 g/mol. The zero-order chi connectivity index (χ0) is 43.3. The molecule has 312 valence electrons. The second-order valence-electron chi connectivity index (χ2n) is 17.5. The van der Waals surface area contributed by atoms with E-state index in [1.54, 1.807) is 0 Å². The summed E-state index contributed by atoms with van der Waals surface area (Å²) in [5, 5.41) is 6.97. The fourth-order valence-electron chi connectivity index (χ4n) is 11.1. The maximum atomic E-state index is 6.71. The second kappa shape index (κ2) is 14.5. The molecule has 1 aliphatic carbocycles. The first kappa shape index (κ1) is 36.9. The highest BCUT2D eigenvalue weighted by Crippen LogP contribution is 2.51. The molecule has 0 radical (unpaired) electrons. The van der Waals surface area contributed by atoms with Gasteiger partial charge in [0.2, 0.25) is 5.96 Å². The van der Waals surface area contributed by atoms with E-state index in [-0.39, 0.29) is 12.0 Å². The smallest absolute Gasteiger partial charge is 0.232 e. The van der Waals surface area contributed by atoms with Crippen LogP contribution in [0.3, 0.4) is 0 Å². The summed E-state index contributed by atoms with van der Waals surface area (Å²) in [6.45, 7) is 0. The SMILES string of the molecule is C1=CC2c3ccc4c5ccccc5n(-c5cccc(-c6ccccc6)c5)c4c3N(C3=N/C(n4c5ccccc5c5ccccc54)=C\CCC(c4cccc5c4oc4ccccc45)=N3)C2C=C1. The molecule has 0 saturated heterocycles. The number of guanidine groups is 1. The summed E-state index contributed by atoms with van der Waals surface area (Å²) >= 11 is 0. The van der Waals surface area contributed by atoms with Crippen LogP contribution in [0.2, 0.25) is 0 Å². The van der Waals surface area contributed by atoms with E-state index in [1.165, 1.54) is 38.2 Å². The summed E-state index contributed by atoms with van der Waals surface area (Å²) in [6.07, 6.45) is 12.8. The summed E-state index contributed by atoms with van der Waals surface area (Å²) in [5.74, 6) is 1.57. The maximum Gasteiger partial charge on any atom is 0.232 e. The third-order valence-electron chi connectivity index (χ3n) is 14.0. The van der Waals surface area contributed by atoms with Crippen LogP contribution in [0.5, 0.6) is 0 Å². The first-order valence-electron chi connectivity index (χ1n) is 22.9. The number of furan rings is 1. The lowest BCUT2D eigenvalue weighted by molar-refractivity contribution is 0.668. The summed E-state index contributed by atoms with van der Waals surface area (Å²) in [4.78, 5) is 14.1. The Morgan fingerprint density at radius 2 is 1.17 bits per heavy atom. The van der Waals surface area contributed by atoms with Crippen molar-refractivity contribution >= 4 is 88.7 Å². The minimum atomic E-state index is -0.0812. The van der Waals surface area contributed by atoms with Crippen LogP contribution in [0.4, 0.5) is 5.69 Å². The molecular weight excluding hydrogens is 807 g/mol. The fourth-order valence-corrected chi connectivity index (χ4v) is 11.1. The third kappa shape index (κ3) is 5.48. The number of anilines is 1. The van der Waals surface area contributed by atoms with E-state index in [0.29, 0.717) is 12.4 Å². The van der Waals surface area contributed by atoms with Gasteiger partial charge in [-0.25, -0.2) is 4.99 Å². The van der Waals surface area contributed by atoms with Crippen LogP contribution < -0.4 is 4.90 Å². The molecular formula is C60H41N5O.